The number of halogens is 2. The molecule has 1 amide bonds. The fourth-order valence-corrected chi connectivity index (χ4v) is 1.56. The Kier molecular flexibility index (Phi) is 5.05. The van der Waals surface area contributed by atoms with Crippen LogP contribution in [0.1, 0.15) is 37.9 Å². The molecule has 0 saturated carbocycles. The van der Waals surface area contributed by atoms with Gasteiger partial charge >= 0.3 is 6.09 Å². The Hall–Kier alpha value is -1.69. The first kappa shape index (κ1) is 16.4. The van der Waals surface area contributed by atoms with E-state index in [1.54, 1.807) is 20.8 Å². The van der Waals surface area contributed by atoms with Gasteiger partial charge in [-0.2, -0.15) is 0 Å². The number of nitrogens with two attached hydrogens (primary N) is 1. The third kappa shape index (κ3) is 4.77. The van der Waals surface area contributed by atoms with Crippen molar-refractivity contribution in [3.8, 4) is 0 Å². The molecule has 20 heavy (non-hydrogen) atoms. The van der Waals surface area contributed by atoms with Crippen LogP contribution in [-0.2, 0) is 4.74 Å². The molecule has 4 nitrogen and oxygen atoms in total. The van der Waals surface area contributed by atoms with Crippen molar-refractivity contribution in [1.29, 1.82) is 0 Å². The van der Waals surface area contributed by atoms with Crippen LogP contribution in [0.5, 0.6) is 0 Å². The predicted octanol–water partition coefficient (Wildman–Crippen LogP) is 2.80. The van der Waals surface area contributed by atoms with Gasteiger partial charge in [0.05, 0.1) is 6.04 Å². The van der Waals surface area contributed by atoms with Crippen LogP contribution in [0.4, 0.5) is 13.6 Å². The van der Waals surface area contributed by atoms with Gasteiger partial charge in [-0.3, -0.25) is 0 Å². The lowest BCUT2D eigenvalue weighted by molar-refractivity contribution is 0.0524. The Balaban J connectivity index is 2.66. The van der Waals surface area contributed by atoms with Gasteiger partial charge in [0.25, 0.3) is 0 Å². The number of ether oxygens (including phenoxy) is 1. The minimum absolute atomic E-state index is 0.0177. The van der Waals surface area contributed by atoms with Crippen LogP contribution < -0.4 is 11.1 Å². The second-order valence-electron chi connectivity index (χ2n) is 5.61. The average molecular weight is 286 g/mol. The summed E-state index contributed by atoms with van der Waals surface area (Å²) in [6.45, 7) is 6.59. The first-order chi connectivity index (χ1) is 9.10. The van der Waals surface area contributed by atoms with E-state index >= 15 is 0 Å². The molecule has 0 saturated heterocycles. The number of hydrogen-bond donors (Lipinski definition) is 2. The van der Waals surface area contributed by atoms with E-state index < -0.39 is 29.4 Å². The monoisotopic (exact) mass is 286 g/mol. The SMILES string of the molecule is Cc1cc(F)c(C(N)CNC(=O)OC(C)(C)C)cc1F. The molecule has 0 aliphatic rings. The smallest absolute Gasteiger partial charge is 0.407 e. The van der Waals surface area contributed by atoms with E-state index in [1.165, 1.54) is 6.92 Å². The molecule has 6 heteroatoms. The summed E-state index contributed by atoms with van der Waals surface area (Å²) in [4.78, 5) is 11.4. The van der Waals surface area contributed by atoms with E-state index in [9.17, 15) is 13.6 Å². The van der Waals surface area contributed by atoms with Gasteiger partial charge in [0.2, 0.25) is 0 Å². The summed E-state index contributed by atoms with van der Waals surface area (Å²) in [6, 6.07) is 1.28. The maximum absolute atomic E-state index is 13.7. The molecule has 0 spiro atoms. The summed E-state index contributed by atoms with van der Waals surface area (Å²) in [5.41, 5.74) is 5.35. The normalized spacial score (nSPS) is 12.9. The van der Waals surface area contributed by atoms with Gasteiger partial charge in [-0.25, -0.2) is 13.6 Å². The van der Waals surface area contributed by atoms with Gasteiger partial charge in [0, 0.05) is 12.1 Å². The highest BCUT2D eigenvalue weighted by Gasteiger charge is 2.18. The second kappa shape index (κ2) is 6.17. The summed E-state index contributed by atoms with van der Waals surface area (Å²) >= 11 is 0. The molecule has 0 aliphatic heterocycles. The van der Waals surface area contributed by atoms with E-state index in [4.69, 9.17) is 10.5 Å². The van der Waals surface area contributed by atoms with Gasteiger partial charge in [0.15, 0.2) is 0 Å². The van der Waals surface area contributed by atoms with Crippen molar-refractivity contribution in [3.63, 3.8) is 0 Å². The van der Waals surface area contributed by atoms with Crippen LogP contribution in [0.3, 0.4) is 0 Å². The van der Waals surface area contributed by atoms with Gasteiger partial charge in [-0.15, -0.1) is 0 Å². The van der Waals surface area contributed by atoms with Gasteiger partial charge in [-0.1, -0.05) is 0 Å². The van der Waals surface area contributed by atoms with Crippen molar-refractivity contribution in [2.75, 3.05) is 6.54 Å². The third-order valence-corrected chi connectivity index (χ3v) is 2.54. The third-order valence-electron chi connectivity index (χ3n) is 2.54. The number of hydrogen-bond acceptors (Lipinski definition) is 3. The predicted molar refractivity (Wildman–Crippen MR) is 72.3 cm³/mol. The standard InChI is InChI=1S/C14H20F2N2O2/c1-8-5-11(16)9(6-10(8)15)12(17)7-18-13(19)20-14(2,3)4/h5-6,12H,7,17H2,1-4H3,(H,18,19). The zero-order valence-corrected chi connectivity index (χ0v) is 12.1. The van der Waals surface area contributed by atoms with Gasteiger partial charge in [-0.05, 0) is 45.4 Å². The summed E-state index contributed by atoms with van der Waals surface area (Å²) < 4.78 is 32.1. The second-order valence-corrected chi connectivity index (χ2v) is 5.61. The molecule has 0 bridgehead atoms. The number of carbonyl (C=O) groups is 1. The van der Waals surface area contributed by atoms with Crippen LogP contribution in [0.2, 0.25) is 0 Å². The van der Waals surface area contributed by atoms with Gasteiger partial charge in [0.1, 0.15) is 17.2 Å². The molecule has 1 rings (SSSR count). The maximum atomic E-state index is 13.7. The number of amides is 1. The Morgan fingerprint density at radius 2 is 1.95 bits per heavy atom. The number of rotatable bonds is 3. The van der Waals surface area contributed by atoms with Crippen LogP contribution in [0, 0.1) is 18.6 Å². The molecular weight excluding hydrogens is 266 g/mol. The van der Waals surface area contributed by atoms with Gasteiger partial charge < -0.3 is 15.8 Å². The van der Waals surface area contributed by atoms with Crippen LogP contribution in [0.25, 0.3) is 0 Å². The summed E-state index contributed by atoms with van der Waals surface area (Å²) in [5, 5.41) is 2.42. The lowest BCUT2D eigenvalue weighted by Gasteiger charge is -2.21. The average Bonchev–Trinajstić information content (AvgIpc) is 2.28. The van der Waals surface area contributed by atoms with Crippen molar-refractivity contribution in [1.82, 2.24) is 5.32 Å². The molecule has 0 heterocycles. The fourth-order valence-electron chi connectivity index (χ4n) is 1.56. The highest BCUT2D eigenvalue weighted by Crippen LogP contribution is 2.19. The molecule has 0 aromatic heterocycles. The Labute approximate surface area is 117 Å². The van der Waals surface area contributed by atoms with E-state index in [0.717, 1.165) is 12.1 Å². The molecule has 0 radical (unpaired) electrons. The molecule has 1 aromatic rings. The highest BCUT2D eigenvalue weighted by atomic mass is 19.1. The first-order valence-electron chi connectivity index (χ1n) is 6.28. The van der Waals surface area contributed by atoms with Crippen LogP contribution >= 0.6 is 0 Å². The van der Waals surface area contributed by atoms with Crippen LogP contribution in [0.15, 0.2) is 12.1 Å². The zero-order chi connectivity index (χ0) is 15.5. The number of aryl methyl sites for hydroxylation is 1. The summed E-state index contributed by atoms with van der Waals surface area (Å²) in [5.74, 6) is -1.13. The number of benzene rings is 1. The largest absolute Gasteiger partial charge is 0.444 e. The molecule has 1 unspecified atom stereocenters. The van der Waals surface area contributed by atoms with E-state index in [2.05, 4.69) is 5.32 Å². The maximum Gasteiger partial charge on any atom is 0.407 e. The highest BCUT2D eigenvalue weighted by molar-refractivity contribution is 5.67. The number of carbonyl (C=O) groups excluding carboxylic acids is 1. The Morgan fingerprint density at radius 3 is 2.50 bits per heavy atom. The quantitative estimate of drug-likeness (QED) is 0.898. The number of nitrogens with one attached hydrogen (secondary N) is 1. The summed E-state index contributed by atoms with van der Waals surface area (Å²) in [6.07, 6.45) is -0.652. The molecule has 0 aliphatic carbocycles. The minimum Gasteiger partial charge on any atom is -0.444 e. The molecule has 112 valence electrons. The Morgan fingerprint density at radius 1 is 1.35 bits per heavy atom. The first-order valence-corrected chi connectivity index (χ1v) is 6.28. The van der Waals surface area contributed by atoms with Crippen molar-refractivity contribution in [2.24, 2.45) is 5.73 Å². The number of alkyl carbamates (subject to hydrolysis) is 1. The van der Waals surface area contributed by atoms with E-state index in [-0.39, 0.29) is 17.7 Å². The van der Waals surface area contributed by atoms with E-state index in [0.29, 0.717) is 0 Å². The Bertz CT molecular complexity index is 499. The minimum atomic E-state index is -0.849. The van der Waals surface area contributed by atoms with Crippen LogP contribution in [-0.4, -0.2) is 18.2 Å². The van der Waals surface area contributed by atoms with Crippen molar-refractivity contribution in [3.05, 3.63) is 34.9 Å². The lowest BCUT2D eigenvalue weighted by Crippen LogP contribution is -2.36. The molecule has 0 fully saturated rings. The van der Waals surface area contributed by atoms with Crippen molar-refractivity contribution < 1.29 is 18.3 Å². The topological polar surface area (TPSA) is 64.3 Å². The van der Waals surface area contributed by atoms with Crippen molar-refractivity contribution >= 4 is 6.09 Å². The molecule has 1 atom stereocenters. The fraction of sp³-hybridized carbons (Fsp3) is 0.500. The van der Waals surface area contributed by atoms with E-state index in [1.807, 2.05) is 0 Å². The summed E-state index contributed by atoms with van der Waals surface area (Å²) in [7, 11) is 0. The molecule has 3 N–H and O–H groups in total. The zero-order valence-electron chi connectivity index (χ0n) is 12.1. The molecule has 1 aromatic carbocycles. The molecular formula is C14H20F2N2O2. The lowest BCUT2D eigenvalue weighted by atomic mass is 10.0. The van der Waals surface area contributed by atoms with Crippen molar-refractivity contribution in [2.45, 2.75) is 39.3 Å².